The second-order valence-electron chi connectivity index (χ2n) is 4.46. The Kier molecular flexibility index (Phi) is 7.16. The smallest absolute Gasteiger partial charge is 0.221 e. The van der Waals surface area contributed by atoms with Crippen molar-refractivity contribution >= 4 is 5.91 Å². The first-order chi connectivity index (χ1) is 8.26. The Morgan fingerprint density at radius 3 is 2.41 bits per heavy atom. The van der Waals surface area contributed by atoms with E-state index in [0.29, 0.717) is 13.0 Å². The van der Waals surface area contributed by atoms with Crippen molar-refractivity contribution in [2.24, 2.45) is 0 Å². The van der Waals surface area contributed by atoms with E-state index < -0.39 is 0 Å². The number of hydrogen-bond donors (Lipinski definition) is 2. The minimum atomic E-state index is 0.143. The summed E-state index contributed by atoms with van der Waals surface area (Å²) in [6.45, 7) is 8.61. The van der Waals surface area contributed by atoms with Gasteiger partial charge in [-0.2, -0.15) is 0 Å². The summed E-state index contributed by atoms with van der Waals surface area (Å²) in [4.78, 5) is 16.0. The first-order valence-electron chi connectivity index (χ1n) is 6.58. The van der Waals surface area contributed by atoms with E-state index in [4.69, 9.17) is 5.11 Å². The fourth-order valence-electron chi connectivity index (χ4n) is 2.16. The van der Waals surface area contributed by atoms with Gasteiger partial charge in [0.1, 0.15) is 0 Å². The molecule has 5 nitrogen and oxygen atoms in total. The lowest BCUT2D eigenvalue weighted by atomic mass is 10.3. The van der Waals surface area contributed by atoms with Crippen LogP contribution in [0.2, 0.25) is 0 Å². The number of carbonyl (C=O) groups excluding carboxylic acids is 1. The van der Waals surface area contributed by atoms with Gasteiger partial charge in [-0.3, -0.25) is 9.69 Å². The number of aliphatic hydroxyl groups is 1. The van der Waals surface area contributed by atoms with Crippen LogP contribution in [0.5, 0.6) is 0 Å². The SMILES string of the molecule is CCNC(=O)CCN1CCCN(CCO)CC1. The summed E-state index contributed by atoms with van der Waals surface area (Å²) in [5, 5.41) is 11.7. The van der Waals surface area contributed by atoms with Crippen molar-refractivity contribution in [3.63, 3.8) is 0 Å². The molecule has 1 fully saturated rings. The maximum atomic E-state index is 11.4. The average Bonchev–Trinajstić information content (AvgIpc) is 2.53. The molecule has 1 rings (SSSR count). The topological polar surface area (TPSA) is 55.8 Å². The van der Waals surface area contributed by atoms with Crippen LogP contribution in [0.4, 0.5) is 0 Å². The molecule has 17 heavy (non-hydrogen) atoms. The zero-order valence-electron chi connectivity index (χ0n) is 10.8. The van der Waals surface area contributed by atoms with Crippen molar-refractivity contribution in [3.8, 4) is 0 Å². The summed E-state index contributed by atoms with van der Waals surface area (Å²) in [5.74, 6) is 0.143. The molecule has 0 saturated carbocycles. The molecular weight excluding hydrogens is 218 g/mol. The average molecular weight is 243 g/mol. The largest absolute Gasteiger partial charge is 0.395 e. The molecule has 1 aliphatic rings. The van der Waals surface area contributed by atoms with Crippen molar-refractivity contribution in [2.45, 2.75) is 19.8 Å². The van der Waals surface area contributed by atoms with Crippen LogP contribution in [0, 0.1) is 0 Å². The number of hydrogen-bond acceptors (Lipinski definition) is 4. The second-order valence-corrected chi connectivity index (χ2v) is 4.46. The summed E-state index contributed by atoms with van der Waals surface area (Å²) >= 11 is 0. The van der Waals surface area contributed by atoms with Gasteiger partial charge in [0.05, 0.1) is 6.61 Å². The van der Waals surface area contributed by atoms with Crippen LogP contribution >= 0.6 is 0 Å². The zero-order chi connectivity index (χ0) is 12.5. The lowest BCUT2D eigenvalue weighted by Gasteiger charge is -2.20. The zero-order valence-corrected chi connectivity index (χ0v) is 10.8. The van der Waals surface area contributed by atoms with Crippen molar-refractivity contribution in [1.82, 2.24) is 15.1 Å². The van der Waals surface area contributed by atoms with Crippen molar-refractivity contribution in [1.29, 1.82) is 0 Å². The molecule has 2 N–H and O–H groups in total. The van der Waals surface area contributed by atoms with E-state index in [9.17, 15) is 4.79 Å². The predicted octanol–water partition coefficient (Wildman–Crippen LogP) is -0.487. The minimum absolute atomic E-state index is 0.143. The standard InChI is InChI=1S/C12H25N3O2/c1-2-13-12(17)4-7-14-5-3-6-15(9-8-14)10-11-16/h16H,2-11H2,1H3,(H,13,17). The van der Waals surface area contributed by atoms with Crippen molar-refractivity contribution in [3.05, 3.63) is 0 Å². The highest BCUT2D eigenvalue weighted by atomic mass is 16.3. The van der Waals surface area contributed by atoms with E-state index in [1.807, 2.05) is 6.92 Å². The number of amides is 1. The molecule has 5 heteroatoms. The van der Waals surface area contributed by atoms with Gasteiger partial charge in [0.25, 0.3) is 0 Å². The molecule has 0 atom stereocenters. The van der Waals surface area contributed by atoms with Crippen LogP contribution in [0.25, 0.3) is 0 Å². The number of rotatable bonds is 6. The Labute approximate surface area is 104 Å². The van der Waals surface area contributed by atoms with Crippen LogP contribution in [0.1, 0.15) is 19.8 Å². The molecular formula is C12H25N3O2. The molecule has 0 radical (unpaired) electrons. The van der Waals surface area contributed by atoms with E-state index in [2.05, 4.69) is 15.1 Å². The van der Waals surface area contributed by atoms with Crippen molar-refractivity contribution in [2.75, 3.05) is 52.4 Å². The lowest BCUT2D eigenvalue weighted by molar-refractivity contribution is -0.121. The predicted molar refractivity (Wildman–Crippen MR) is 67.9 cm³/mol. The second kappa shape index (κ2) is 8.44. The molecule has 0 bridgehead atoms. The number of β-amino-alcohol motifs (C(OH)–C–C–N with tert-alkyl or cyclic N) is 1. The lowest BCUT2D eigenvalue weighted by Crippen LogP contribution is -2.34. The summed E-state index contributed by atoms with van der Waals surface area (Å²) in [7, 11) is 0. The number of nitrogens with one attached hydrogen (secondary N) is 1. The molecule has 1 amide bonds. The van der Waals surface area contributed by atoms with Gasteiger partial charge in [-0.15, -0.1) is 0 Å². The van der Waals surface area contributed by atoms with Gasteiger partial charge >= 0.3 is 0 Å². The normalized spacial score (nSPS) is 18.9. The molecule has 0 aromatic heterocycles. The monoisotopic (exact) mass is 243 g/mol. The highest BCUT2D eigenvalue weighted by Crippen LogP contribution is 2.03. The van der Waals surface area contributed by atoms with Crippen LogP contribution in [0.3, 0.4) is 0 Å². The summed E-state index contributed by atoms with van der Waals surface area (Å²) in [6, 6.07) is 0. The third kappa shape index (κ3) is 6.00. The van der Waals surface area contributed by atoms with E-state index in [-0.39, 0.29) is 12.5 Å². The third-order valence-corrected chi connectivity index (χ3v) is 3.13. The molecule has 1 saturated heterocycles. The van der Waals surface area contributed by atoms with Gasteiger partial charge in [0.15, 0.2) is 0 Å². The molecule has 0 unspecified atom stereocenters. The number of carbonyl (C=O) groups is 1. The van der Waals surface area contributed by atoms with Crippen LogP contribution in [-0.2, 0) is 4.79 Å². The first-order valence-corrected chi connectivity index (χ1v) is 6.58. The van der Waals surface area contributed by atoms with Gasteiger partial charge < -0.3 is 15.3 Å². The van der Waals surface area contributed by atoms with Gasteiger partial charge in [-0.05, 0) is 26.4 Å². The minimum Gasteiger partial charge on any atom is -0.395 e. The quantitative estimate of drug-likeness (QED) is 0.661. The Morgan fingerprint density at radius 1 is 1.18 bits per heavy atom. The highest BCUT2D eigenvalue weighted by molar-refractivity contribution is 5.75. The van der Waals surface area contributed by atoms with E-state index >= 15 is 0 Å². The summed E-state index contributed by atoms with van der Waals surface area (Å²) in [5.41, 5.74) is 0. The molecule has 0 aromatic carbocycles. The van der Waals surface area contributed by atoms with Gasteiger partial charge in [0, 0.05) is 39.1 Å². The maximum Gasteiger partial charge on any atom is 0.221 e. The van der Waals surface area contributed by atoms with E-state index in [1.54, 1.807) is 0 Å². The molecule has 0 spiro atoms. The summed E-state index contributed by atoms with van der Waals surface area (Å²) in [6.07, 6.45) is 1.71. The number of aliphatic hydroxyl groups excluding tert-OH is 1. The molecule has 0 aromatic rings. The fourth-order valence-corrected chi connectivity index (χ4v) is 2.16. The first kappa shape index (κ1) is 14.4. The van der Waals surface area contributed by atoms with Crippen LogP contribution < -0.4 is 5.32 Å². The molecule has 1 aliphatic heterocycles. The van der Waals surface area contributed by atoms with Gasteiger partial charge in [-0.25, -0.2) is 0 Å². The Morgan fingerprint density at radius 2 is 1.82 bits per heavy atom. The van der Waals surface area contributed by atoms with Crippen LogP contribution in [-0.4, -0.2) is 73.2 Å². The number of nitrogens with zero attached hydrogens (tertiary/aromatic N) is 2. The van der Waals surface area contributed by atoms with E-state index in [1.165, 1.54) is 0 Å². The fraction of sp³-hybridized carbons (Fsp3) is 0.917. The molecule has 1 heterocycles. The Balaban J connectivity index is 2.19. The maximum absolute atomic E-state index is 11.4. The Hall–Kier alpha value is -0.650. The molecule has 100 valence electrons. The van der Waals surface area contributed by atoms with Gasteiger partial charge in [-0.1, -0.05) is 0 Å². The summed E-state index contributed by atoms with van der Waals surface area (Å²) < 4.78 is 0. The Bertz CT molecular complexity index is 224. The van der Waals surface area contributed by atoms with Crippen LogP contribution in [0.15, 0.2) is 0 Å². The third-order valence-electron chi connectivity index (χ3n) is 3.13. The highest BCUT2D eigenvalue weighted by Gasteiger charge is 2.14. The van der Waals surface area contributed by atoms with Crippen molar-refractivity contribution < 1.29 is 9.90 Å². The van der Waals surface area contributed by atoms with E-state index in [0.717, 1.165) is 45.7 Å². The van der Waals surface area contributed by atoms with Gasteiger partial charge in [0.2, 0.25) is 5.91 Å². The molecule has 0 aliphatic carbocycles.